The molecule has 5 nitrogen and oxygen atoms in total. The first-order chi connectivity index (χ1) is 9.22. The van der Waals surface area contributed by atoms with Crippen molar-refractivity contribution in [2.75, 3.05) is 11.9 Å². The number of aromatic nitrogens is 2. The van der Waals surface area contributed by atoms with Crippen molar-refractivity contribution in [3.8, 4) is 0 Å². The number of imidazole rings is 1. The molecule has 100 valence electrons. The number of aryl methyl sites for hydroxylation is 1. The first kappa shape index (κ1) is 13.3. The normalized spacial score (nSPS) is 10.4. The molecule has 1 heterocycles. The lowest BCUT2D eigenvalue weighted by Crippen LogP contribution is -2.13. The molecule has 5 heteroatoms. The molecule has 1 amide bonds. The van der Waals surface area contributed by atoms with Gasteiger partial charge < -0.3 is 15.6 Å². The highest BCUT2D eigenvalue weighted by atomic mass is 16.1. The largest absolute Gasteiger partial charge is 0.335 e. The minimum atomic E-state index is -0.205. The van der Waals surface area contributed by atoms with Crippen molar-refractivity contribution >= 4 is 11.6 Å². The molecule has 19 heavy (non-hydrogen) atoms. The minimum absolute atomic E-state index is 0.205. The van der Waals surface area contributed by atoms with Crippen molar-refractivity contribution in [3.63, 3.8) is 0 Å². The second kappa shape index (κ2) is 6.15. The fourth-order valence-electron chi connectivity index (χ4n) is 1.81. The van der Waals surface area contributed by atoms with E-state index in [0.717, 1.165) is 12.1 Å². The zero-order chi connectivity index (χ0) is 13.7. The molecular weight excluding hydrogens is 240 g/mol. The first-order valence-electron chi connectivity index (χ1n) is 6.35. The van der Waals surface area contributed by atoms with Gasteiger partial charge in [0.1, 0.15) is 5.69 Å². The average molecular weight is 258 g/mol. The molecule has 0 fully saturated rings. The van der Waals surface area contributed by atoms with Gasteiger partial charge in [0, 0.05) is 25.0 Å². The number of nitrogens with one attached hydrogen (secondary N) is 1. The monoisotopic (exact) mass is 258 g/mol. The van der Waals surface area contributed by atoms with Gasteiger partial charge in [-0.2, -0.15) is 0 Å². The second-order valence-electron chi connectivity index (χ2n) is 4.29. The van der Waals surface area contributed by atoms with Gasteiger partial charge in [0.2, 0.25) is 0 Å². The molecular formula is C14H18N4O. The molecule has 0 saturated carbocycles. The predicted molar refractivity (Wildman–Crippen MR) is 75.1 cm³/mol. The minimum Gasteiger partial charge on any atom is -0.335 e. The number of carbonyl (C=O) groups excluding carboxylic acids is 1. The molecule has 3 N–H and O–H groups in total. The van der Waals surface area contributed by atoms with Crippen molar-refractivity contribution < 1.29 is 4.79 Å². The Morgan fingerprint density at radius 2 is 2.32 bits per heavy atom. The van der Waals surface area contributed by atoms with Crippen LogP contribution in [0.15, 0.2) is 36.8 Å². The lowest BCUT2D eigenvalue weighted by molar-refractivity contribution is 0.102. The van der Waals surface area contributed by atoms with Crippen LogP contribution in [-0.2, 0) is 13.0 Å². The molecule has 0 atom stereocenters. The van der Waals surface area contributed by atoms with Gasteiger partial charge in [-0.15, -0.1) is 0 Å². The number of nitrogens with zero attached hydrogens (tertiary/aromatic N) is 2. The Bertz CT molecular complexity index is 562. The number of hydrogen-bond acceptors (Lipinski definition) is 3. The summed E-state index contributed by atoms with van der Waals surface area (Å²) in [5.41, 5.74) is 7.83. The average Bonchev–Trinajstić information content (AvgIpc) is 2.88. The molecule has 2 aromatic rings. The molecule has 0 saturated heterocycles. The maximum atomic E-state index is 12.0. The Labute approximate surface area is 112 Å². The SMILES string of the molecule is CCc1cccc(NC(=O)c2cn(CCN)cn2)c1. The summed E-state index contributed by atoms with van der Waals surface area (Å²) < 4.78 is 1.80. The summed E-state index contributed by atoms with van der Waals surface area (Å²) in [5.74, 6) is -0.205. The number of amides is 1. The summed E-state index contributed by atoms with van der Waals surface area (Å²) in [7, 11) is 0. The smallest absolute Gasteiger partial charge is 0.275 e. The van der Waals surface area contributed by atoms with E-state index in [9.17, 15) is 4.79 Å². The summed E-state index contributed by atoms with van der Waals surface area (Å²) in [4.78, 5) is 16.1. The summed E-state index contributed by atoms with van der Waals surface area (Å²) in [6.07, 6.45) is 4.25. The number of nitrogens with two attached hydrogens (primary N) is 1. The Kier molecular flexibility index (Phi) is 4.30. The van der Waals surface area contributed by atoms with Gasteiger partial charge in [0.25, 0.3) is 5.91 Å². The molecule has 0 aliphatic rings. The number of benzene rings is 1. The van der Waals surface area contributed by atoms with E-state index in [0.29, 0.717) is 18.8 Å². The van der Waals surface area contributed by atoms with E-state index in [1.165, 1.54) is 5.56 Å². The molecule has 0 aliphatic heterocycles. The Hall–Kier alpha value is -2.14. The van der Waals surface area contributed by atoms with Crippen molar-refractivity contribution in [2.24, 2.45) is 5.73 Å². The zero-order valence-electron chi connectivity index (χ0n) is 11.0. The van der Waals surface area contributed by atoms with E-state index in [-0.39, 0.29) is 5.91 Å². The highest BCUT2D eigenvalue weighted by Gasteiger charge is 2.09. The van der Waals surface area contributed by atoms with Crippen LogP contribution in [0.1, 0.15) is 23.0 Å². The third kappa shape index (κ3) is 3.42. The van der Waals surface area contributed by atoms with Crippen LogP contribution in [0.4, 0.5) is 5.69 Å². The maximum absolute atomic E-state index is 12.0. The first-order valence-corrected chi connectivity index (χ1v) is 6.35. The number of rotatable bonds is 5. The molecule has 2 rings (SSSR count). The third-order valence-electron chi connectivity index (χ3n) is 2.85. The van der Waals surface area contributed by atoms with Crippen LogP contribution in [0.3, 0.4) is 0 Å². The van der Waals surface area contributed by atoms with Crippen LogP contribution in [-0.4, -0.2) is 22.0 Å². The standard InChI is InChI=1S/C14H18N4O/c1-2-11-4-3-5-12(8-11)17-14(19)13-9-18(7-6-15)10-16-13/h3-5,8-10H,2,6-7,15H2,1H3,(H,17,19). The third-order valence-corrected chi connectivity index (χ3v) is 2.85. The molecule has 0 radical (unpaired) electrons. The Balaban J connectivity index is 2.06. The van der Waals surface area contributed by atoms with E-state index in [1.54, 1.807) is 17.1 Å². The van der Waals surface area contributed by atoms with Crippen LogP contribution in [0.5, 0.6) is 0 Å². The molecule has 1 aromatic carbocycles. The van der Waals surface area contributed by atoms with Gasteiger partial charge in [0.15, 0.2) is 0 Å². The van der Waals surface area contributed by atoms with E-state index < -0.39 is 0 Å². The number of carbonyl (C=O) groups is 1. The van der Waals surface area contributed by atoms with Crippen molar-refractivity contribution in [3.05, 3.63) is 48.0 Å². The molecule has 0 spiro atoms. The van der Waals surface area contributed by atoms with Gasteiger partial charge in [-0.05, 0) is 24.1 Å². The van der Waals surface area contributed by atoms with E-state index in [4.69, 9.17) is 5.73 Å². The maximum Gasteiger partial charge on any atom is 0.275 e. The number of anilines is 1. The van der Waals surface area contributed by atoms with Crippen molar-refractivity contribution in [2.45, 2.75) is 19.9 Å². The summed E-state index contributed by atoms with van der Waals surface area (Å²) in [5, 5.41) is 2.84. The van der Waals surface area contributed by atoms with Crippen LogP contribution in [0, 0.1) is 0 Å². The van der Waals surface area contributed by atoms with Crippen molar-refractivity contribution in [1.82, 2.24) is 9.55 Å². The van der Waals surface area contributed by atoms with Crippen LogP contribution >= 0.6 is 0 Å². The number of hydrogen-bond donors (Lipinski definition) is 2. The molecule has 0 unspecified atom stereocenters. The second-order valence-corrected chi connectivity index (χ2v) is 4.29. The van der Waals surface area contributed by atoms with E-state index in [1.807, 2.05) is 24.3 Å². The highest BCUT2D eigenvalue weighted by molar-refractivity contribution is 6.02. The highest BCUT2D eigenvalue weighted by Crippen LogP contribution is 2.12. The summed E-state index contributed by atoms with van der Waals surface area (Å²) in [6, 6.07) is 7.80. The fourth-order valence-corrected chi connectivity index (χ4v) is 1.81. The Morgan fingerprint density at radius 1 is 1.47 bits per heavy atom. The van der Waals surface area contributed by atoms with Gasteiger partial charge in [0.05, 0.1) is 6.33 Å². The van der Waals surface area contributed by atoms with Crippen LogP contribution in [0.25, 0.3) is 0 Å². The molecule has 0 aliphatic carbocycles. The van der Waals surface area contributed by atoms with Gasteiger partial charge in [-0.25, -0.2) is 4.98 Å². The van der Waals surface area contributed by atoms with E-state index in [2.05, 4.69) is 17.2 Å². The lowest BCUT2D eigenvalue weighted by Gasteiger charge is -2.04. The van der Waals surface area contributed by atoms with E-state index >= 15 is 0 Å². The zero-order valence-corrected chi connectivity index (χ0v) is 11.0. The quantitative estimate of drug-likeness (QED) is 0.856. The van der Waals surface area contributed by atoms with Gasteiger partial charge in [-0.1, -0.05) is 19.1 Å². The summed E-state index contributed by atoms with van der Waals surface area (Å²) in [6.45, 7) is 3.26. The van der Waals surface area contributed by atoms with Crippen LogP contribution < -0.4 is 11.1 Å². The predicted octanol–water partition coefficient (Wildman–Crippen LogP) is 1.66. The van der Waals surface area contributed by atoms with Gasteiger partial charge in [-0.3, -0.25) is 4.79 Å². The lowest BCUT2D eigenvalue weighted by atomic mass is 10.1. The molecule has 1 aromatic heterocycles. The Morgan fingerprint density at radius 3 is 3.05 bits per heavy atom. The molecule has 0 bridgehead atoms. The van der Waals surface area contributed by atoms with Crippen molar-refractivity contribution in [1.29, 1.82) is 0 Å². The topological polar surface area (TPSA) is 72.9 Å². The van der Waals surface area contributed by atoms with Crippen LogP contribution in [0.2, 0.25) is 0 Å². The van der Waals surface area contributed by atoms with Gasteiger partial charge >= 0.3 is 0 Å². The summed E-state index contributed by atoms with van der Waals surface area (Å²) >= 11 is 0. The fraction of sp³-hybridized carbons (Fsp3) is 0.286.